The van der Waals surface area contributed by atoms with Crippen molar-refractivity contribution in [1.82, 2.24) is 20.4 Å². The minimum Gasteiger partial charge on any atom is -0.424 e. The lowest BCUT2D eigenvalue weighted by atomic mass is 9.96. The number of nitrogens with zero attached hydrogens (tertiary/aromatic N) is 3. The number of rotatable bonds is 5. The zero-order valence-electron chi connectivity index (χ0n) is 11.0. The molecule has 96 valence electrons. The maximum absolute atomic E-state index is 5.34. The maximum atomic E-state index is 5.34. The highest BCUT2D eigenvalue weighted by atomic mass is 16.4. The van der Waals surface area contributed by atoms with Crippen molar-refractivity contribution in [3.63, 3.8) is 0 Å². The fourth-order valence-electron chi connectivity index (χ4n) is 2.63. The Bertz CT molecular complexity index is 355. The van der Waals surface area contributed by atoms with Crippen molar-refractivity contribution in [2.75, 3.05) is 20.6 Å². The molecule has 0 aliphatic heterocycles. The molecule has 0 aromatic carbocycles. The van der Waals surface area contributed by atoms with Crippen LogP contribution < -0.4 is 5.32 Å². The molecule has 0 bridgehead atoms. The third kappa shape index (κ3) is 2.84. The Morgan fingerprint density at radius 1 is 1.29 bits per heavy atom. The van der Waals surface area contributed by atoms with Gasteiger partial charge in [-0.25, -0.2) is 0 Å². The fourth-order valence-corrected chi connectivity index (χ4v) is 2.63. The van der Waals surface area contributed by atoms with Crippen LogP contribution in [0.25, 0.3) is 0 Å². The van der Waals surface area contributed by atoms with Gasteiger partial charge < -0.3 is 14.6 Å². The normalized spacial score (nSPS) is 19.1. The van der Waals surface area contributed by atoms with Gasteiger partial charge in [-0.2, -0.15) is 0 Å². The first-order valence-electron chi connectivity index (χ1n) is 6.29. The summed E-state index contributed by atoms with van der Waals surface area (Å²) in [5, 5.41) is 11.2. The van der Waals surface area contributed by atoms with E-state index in [0.29, 0.717) is 23.9 Å². The molecule has 1 N–H and O–H groups in total. The molecule has 17 heavy (non-hydrogen) atoms. The van der Waals surface area contributed by atoms with Crippen LogP contribution in [0.15, 0.2) is 4.42 Å². The topological polar surface area (TPSA) is 54.2 Å². The summed E-state index contributed by atoms with van der Waals surface area (Å²) in [5.41, 5.74) is 0.315. The van der Waals surface area contributed by atoms with E-state index in [-0.39, 0.29) is 0 Å². The molecule has 0 amide bonds. The summed E-state index contributed by atoms with van der Waals surface area (Å²) in [7, 11) is 4.34. The number of likely N-dealkylation sites (N-methyl/N-ethyl adjacent to an activating group) is 1. The molecule has 1 aromatic heterocycles. The highest BCUT2D eigenvalue weighted by Gasteiger charge is 2.35. The molecule has 1 fully saturated rings. The van der Waals surface area contributed by atoms with Gasteiger partial charge in [0.15, 0.2) is 0 Å². The summed E-state index contributed by atoms with van der Waals surface area (Å²) in [6, 6.07) is 0. The van der Waals surface area contributed by atoms with E-state index in [1.807, 2.05) is 6.92 Å². The molecule has 1 saturated carbocycles. The smallest absolute Gasteiger partial charge is 0.230 e. The predicted molar refractivity (Wildman–Crippen MR) is 65.6 cm³/mol. The molecular formula is C12H22N4O. The highest BCUT2D eigenvalue weighted by molar-refractivity contribution is 4.94. The Hall–Kier alpha value is -0.940. The highest BCUT2D eigenvalue weighted by Crippen LogP contribution is 2.33. The fraction of sp³-hybridized carbons (Fsp3) is 0.833. The predicted octanol–water partition coefficient (Wildman–Crippen LogP) is 1.34. The Kier molecular flexibility index (Phi) is 3.79. The molecule has 0 radical (unpaired) electrons. The van der Waals surface area contributed by atoms with E-state index in [0.717, 1.165) is 6.54 Å². The van der Waals surface area contributed by atoms with E-state index in [9.17, 15) is 0 Å². The minimum absolute atomic E-state index is 0.315. The van der Waals surface area contributed by atoms with E-state index >= 15 is 0 Å². The lowest BCUT2D eigenvalue weighted by Gasteiger charge is -2.36. The molecule has 0 unspecified atom stereocenters. The summed E-state index contributed by atoms with van der Waals surface area (Å²) < 4.78 is 5.34. The van der Waals surface area contributed by atoms with Crippen LogP contribution in [0.2, 0.25) is 0 Å². The van der Waals surface area contributed by atoms with Crippen molar-refractivity contribution in [3.05, 3.63) is 11.8 Å². The first kappa shape index (κ1) is 12.5. The Balaban J connectivity index is 1.84. The van der Waals surface area contributed by atoms with Gasteiger partial charge in [-0.15, -0.1) is 10.2 Å². The van der Waals surface area contributed by atoms with Gasteiger partial charge in [0, 0.05) is 19.0 Å². The maximum Gasteiger partial charge on any atom is 0.230 e. The van der Waals surface area contributed by atoms with Crippen molar-refractivity contribution in [2.24, 2.45) is 0 Å². The van der Waals surface area contributed by atoms with Crippen molar-refractivity contribution in [3.8, 4) is 0 Å². The van der Waals surface area contributed by atoms with Gasteiger partial charge >= 0.3 is 0 Å². The van der Waals surface area contributed by atoms with Crippen molar-refractivity contribution in [1.29, 1.82) is 0 Å². The lowest BCUT2D eigenvalue weighted by Crippen LogP contribution is -2.49. The zero-order chi connectivity index (χ0) is 12.3. The average Bonchev–Trinajstić information content (AvgIpc) is 2.89. The lowest BCUT2D eigenvalue weighted by molar-refractivity contribution is 0.152. The van der Waals surface area contributed by atoms with Gasteiger partial charge in [0.2, 0.25) is 11.8 Å². The quantitative estimate of drug-likeness (QED) is 0.839. The van der Waals surface area contributed by atoms with Crippen LogP contribution in [0.5, 0.6) is 0 Å². The van der Waals surface area contributed by atoms with E-state index in [1.54, 1.807) is 0 Å². The standard InChI is InChI=1S/C12H22N4O/c1-10-14-15-11(17-10)8-13-9-12(16(2)3)6-4-5-7-12/h13H,4-9H2,1-3H3. The number of aromatic nitrogens is 2. The molecule has 1 aromatic rings. The second-order valence-electron chi connectivity index (χ2n) is 5.14. The summed E-state index contributed by atoms with van der Waals surface area (Å²) in [6.07, 6.45) is 5.21. The van der Waals surface area contributed by atoms with Gasteiger partial charge in [-0.3, -0.25) is 0 Å². The summed E-state index contributed by atoms with van der Waals surface area (Å²) >= 11 is 0. The van der Waals surface area contributed by atoms with Gasteiger partial charge in [0.1, 0.15) is 0 Å². The largest absolute Gasteiger partial charge is 0.424 e. The van der Waals surface area contributed by atoms with Gasteiger partial charge in [-0.05, 0) is 26.9 Å². The third-order valence-electron chi connectivity index (χ3n) is 3.78. The molecule has 2 rings (SSSR count). The van der Waals surface area contributed by atoms with Crippen molar-refractivity contribution < 1.29 is 4.42 Å². The first-order chi connectivity index (χ1) is 8.12. The monoisotopic (exact) mass is 238 g/mol. The summed E-state index contributed by atoms with van der Waals surface area (Å²) in [6.45, 7) is 3.46. The number of aryl methyl sites for hydroxylation is 1. The number of hydrogen-bond acceptors (Lipinski definition) is 5. The van der Waals surface area contributed by atoms with Crippen LogP contribution in [-0.4, -0.2) is 41.3 Å². The zero-order valence-corrected chi connectivity index (χ0v) is 11.0. The minimum atomic E-state index is 0.315. The SMILES string of the molecule is Cc1nnc(CNCC2(N(C)C)CCCC2)o1. The van der Waals surface area contributed by atoms with Crippen LogP contribution in [0, 0.1) is 6.92 Å². The van der Waals surface area contributed by atoms with Crippen molar-refractivity contribution >= 4 is 0 Å². The average molecular weight is 238 g/mol. The Morgan fingerprint density at radius 2 is 2.00 bits per heavy atom. The van der Waals surface area contributed by atoms with E-state index < -0.39 is 0 Å². The third-order valence-corrected chi connectivity index (χ3v) is 3.78. The molecule has 0 atom stereocenters. The molecule has 1 heterocycles. The Labute approximate surface area is 103 Å². The molecular weight excluding hydrogens is 216 g/mol. The number of nitrogens with one attached hydrogen (secondary N) is 1. The second kappa shape index (κ2) is 5.14. The molecule has 1 aliphatic rings. The molecule has 5 nitrogen and oxygen atoms in total. The Morgan fingerprint density at radius 3 is 2.53 bits per heavy atom. The van der Waals surface area contributed by atoms with Crippen LogP contribution in [0.3, 0.4) is 0 Å². The molecule has 0 saturated heterocycles. The second-order valence-corrected chi connectivity index (χ2v) is 5.14. The van der Waals surface area contributed by atoms with E-state index in [1.165, 1.54) is 25.7 Å². The van der Waals surface area contributed by atoms with E-state index in [4.69, 9.17) is 4.42 Å². The van der Waals surface area contributed by atoms with Gasteiger partial charge in [-0.1, -0.05) is 12.8 Å². The molecule has 0 spiro atoms. The molecule has 1 aliphatic carbocycles. The van der Waals surface area contributed by atoms with Crippen LogP contribution in [-0.2, 0) is 6.54 Å². The first-order valence-corrected chi connectivity index (χ1v) is 6.29. The van der Waals surface area contributed by atoms with Gasteiger partial charge in [0.25, 0.3) is 0 Å². The number of hydrogen-bond donors (Lipinski definition) is 1. The van der Waals surface area contributed by atoms with Crippen LogP contribution >= 0.6 is 0 Å². The van der Waals surface area contributed by atoms with Gasteiger partial charge in [0.05, 0.1) is 6.54 Å². The summed E-state index contributed by atoms with van der Waals surface area (Å²) in [5.74, 6) is 1.30. The van der Waals surface area contributed by atoms with E-state index in [2.05, 4.69) is 34.5 Å². The van der Waals surface area contributed by atoms with Crippen molar-refractivity contribution in [2.45, 2.75) is 44.7 Å². The van der Waals surface area contributed by atoms with Crippen LogP contribution in [0.4, 0.5) is 0 Å². The molecule has 5 heteroatoms. The summed E-state index contributed by atoms with van der Waals surface area (Å²) in [4.78, 5) is 2.35. The van der Waals surface area contributed by atoms with Crippen LogP contribution in [0.1, 0.15) is 37.5 Å².